The number of thiophene rings is 1. The highest BCUT2D eigenvalue weighted by atomic mass is 35.5. The summed E-state index contributed by atoms with van der Waals surface area (Å²) in [5.74, 6) is -1.00. The van der Waals surface area contributed by atoms with Crippen LogP contribution in [0.5, 0.6) is 0 Å². The van der Waals surface area contributed by atoms with E-state index in [-0.39, 0.29) is 12.5 Å². The molecule has 0 atom stereocenters. The molecule has 0 saturated carbocycles. The third-order valence-corrected chi connectivity index (χ3v) is 6.30. The molecule has 0 aliphatic heterocycles. The van der Waals surface area contributed by atoms with E-state index in [0.717, 1.165) is 14.0 Å². The number of nitrogens with zero attached hydrogens (tertiary/aromatic N) is 2. The van der Waals surface area contributed by atoms with Gasteiger partial charge in [-0.1, -0.05) is 43.1 Å². The normalized spacial score (nSPS) is 11.4. The Morgan fingerprint density at radius 1 is 1.15 bits per heavy atom. The number of hydrogen-bond donors (Lipinski definition) is 1. The minimum Gasteiger partial charge on any atom is -0.480 e. The molecule has 3 rings (SSSR count). The molecule has 0 unspecified atom stereocenters. The van der Waals surface area contributed by atoms with Crippen LogP contribution in [0.4, 0.5) is 0 Å². The SMILES string of the molecule is CC(C)c1cc2c(=O)n(Cc3ccc(Cl)c(Cl)c3)c(=O)n(CC(=O)O)c2s1. The summed E-state index contributed by atoms with van der Waals surface area (Å²) >= 11 is 13.2. The molecule has 0 fully saturated rings. The fourth-order valence-corrected chi connectivity index (χ4v) is 4.20. The smallest absolute Gasteiger partial charge is 0.332 e. The van der Waals surface area contributed by atoms with E-state index in [1.807, 2.05) is 13.8 Å². The second kappa shape index (κ2) is 7.50. The van der Waals surface area contributed by atoms with Gasteiger partial charge in [0.25, 0.3) is 5.56 Å². The Bertz CT molecular complexity index is 1160. The van der Waals surface area contributed by atoms with Crippen molar-refractivity contribution in [2.75, 3.05) is 0 Å². The Kier molecular flexibility index (Phi) is 5.46. The fraction of sp³-hybridized carbons (Fsp3) is 0.278. The lowest BCUT2D eigenvalue weighted by Crippen LogP contribution is -2.40. The van der Waals surface area contributed by atoms with Gasteiger partial charge in [0.2, 0.25) is 0 Å². The molecule has 2 heterocycles. The van der Waals surface area contributed by atoms with Crippen LogP contribution >= 0.6 is 34.5 Å². The topological polar surface area (TPSA) is 81.3 Å². The number of hydrogen-bond acceptors (Lipinski definition) is 4. The molecule has 0 bridgehead atoms. The Balaban J connectivity index is 2.25. The summed E-state index contributed by atoms with van der Waals surface area (Å²) in [6.45, 7) is 3.39. The molecule has 6 nitrogen and oxygen atoms in total. The minimum atomic E-state index is -1.15. The Morgan fingerprint density at radius 2 is 1.85 bits per heavy atom. The lowest BCUT2D eigenvalue weighted by molar-refractivity contribution is -0.137. The number of halogens is 2. The van der Waals surface area contributed by atoms with Gasteiger partial charge in [0.05, 0.1) is 22.0 Å². The predicted molar refractivity (Wildman–Crippen MR) is 108 cm³/mol. The molecule has 1 N–H and O–H groups in total. The molecule has 0 saturated heterocycles. The van der Waals surface area contributed by atoms with Crippen molar-refractivity contribution < 1.29 is 9.90 Å². The summed E-state index contributed by atoms with van der Waals surface area (Å²) in [6.07, 6.45) is 0. The highest BCUT2D eigenvalue weighted by Crippen LogP contribution is 2.28. The first-order chi connectivity index (χ1) is 12.7. The van der Waals surface area contributed by atoms with Crippen LogP contribution in [-0.4, -0.2) is 20.2 Å². The second-order valence-electron chi connectivity index (χ2n) is 6.42. The van der Waals surface area contributed by atoms with E-state index in [0.29, 0.717) is 25.8 Å². The van der Waals surface area contributed by atoms with E-state index in [1.165, 1.54) is 11.3 Å². The van der Waals surface area contributed by atoms with Crippen LogP contribution < -0.4 is 11.2 Å². The standard InChI is InChI=1S/C18H16Cl2N2O4S/c1-9(2)14-6-11-16(25)21(7-10-3-4-12(19)13(20)5-10)18(26)22(8-15(23)24)17(11)27-14/h3-6,9H,7-8H2,1-2H3,(H,23,24). The Labute approximate surface area is 168 Å². The summed E-state index contributed by atoms with van der Waals surface area (Å²) in [5.41, 5.74) is -0.506. The molecule has 3 aromatic rings. The molecule has 0 aliphatic rings. The van der Waals surface area contributed by atoms with Gasteiger partial charge in [-0.15, -0.1) is 11.3 Å². The summed E-state index contributed by atoms with van der Waals surface area (Å²) < 4.78 is 2.16. The van der Waals surface area contributed by atoms with Crippen molar-refractivity contribution >= 4 is 50.7 Å². The molecule has 142 valence electrons. The van der Waals surface area contributed by atoms with Gasteiger partial charge in [0.1, 0.15) is 11.4 Å². The Morgan fingerprint density at radius 3 is 2.44 bits per heavy atom. The largest absolute Gasteiger partial charge is 0.480 e. The van der Waals surface area contributed by atoms with E-state index < -0.39 is 23.8 Å². The number of carbonyl (C=O) groups is 1. The summed E-state index contributed by atoms with van der Waals surface area (Å²) in [7, 11) is 0. The highest BCUT2D eigenvalue weighted by molar-refractivity contribution is 7.18. The summed E-state index contributed by atoms with van der Waals surface area (Å²) in [5, 5.41) is 10.2. The summed E-state index contributed by atoms with van der Waals surface area (Å²) in [4.78, 5) is 38.4. The molecule has 9 heteroatoms. The maximum Gasteiger partial charge on any atom is 0.332 e. The maximum atomic E-state index is 12.9. The lowest BCUT2D eigenvalue weighted by atomic mass is 10.2. The molecule has 27 heavy (non-hydrogen) atoms. The molecule has 1 aromatic carbocycles. The average molecular weight is 427 g/mol. The van der Waals surface area contributed by atoms with Gasteiger partial charge in [-0.3, -0.25) is 18.7 Å². The van der Waals surface area contributed by atoms with E-state index in [1.54, 1.807) is 24.3 Å². The van der Waals surface area contributed by atoms with Crippen molar-refractivity contribution in [3.8, 4) is 0 Å². The zero-order valence-corrected chi connectivity index (χ0v) is 16.9. The van der Waals surface area contributed by atoms with Crippen LogP contribution in [0.1, 0.15) is 30.2 Å². The number of aromatic nitrogens is 2. The van der Waals surface area contributed by atoms with Crippen LogP contribution in [0.2, 0.25) is 10.0 Å². The third kappa shape index (κ3) is 3.81. The summed E-state index contributed by atoms with van der Waals surface area (Å²) in [6, 6.07) is 6.56. The molecule has 0 amide bonds. The van der Waals surface area contributed by atoms with E-state index >= 15 is 0 Å². The lowest BCUT2D eigenvalue weighted by Gasteiger charge is -2.11. The molecule has 0 radical (unpaired) electrons. The first-order valence-electron chi connectivity index (χ1n) is 8.11. The maximum absolute atomic E-state index is 12.9. The van der Waals surface area contributed by atoms with Gasteiger partial charge in [0, 0.05) is 4.88 Å². The van der Waals surface area contributed by atoms with Crippen molar-refractivity contribution in [1.82, 2.24) is 9.13 Å². The minimum absolute atomic E-state index is 0.0308. The van der Waals surface area contributed by atoms with Gasteiger partial charge in [-0.2, -0.15) is 0 Å². The number of aliphatic carboxylic acids is 1. The van der Waals surface area contributed by atoms with E-state index in [9.17, 15) is 19.5 Å². The predicted octanol–water partition coefficient (Wildman–Crippen LogP) is 3.79. The van der Waals surface area contributed by atoms with Gasteiger partial charge < -0.3 is 5.11 Å². The van der Waals surface area contributed by atoms with Crippen molar-refractivity contribution in [3.05, 3.63) is 65.6 Å². The third-order valence-electron chi connectivity index (χ3n) is 4.10. The van der Waals surface area contributed by atoms with Crippen LogP contribution in [0, 0.1) is 0 Å². The van der Waals surface area contributed by atoms with Crippen LogP contribution in [0.3, 0.4) is 0 Å². The zero-order valence-electron chi connectivity index (χ0n) is 14.5. The van der Waals surface area contributed by atoms with Gasteiger partial charge in [-0.05, 0) is 29.7 Å². The molecular formula is C18H16Cl2N2O4S. The number of carboxylic acids is 1. The van der Waals surface area contributed by atoms with Gasteiger partial charge in [-0.25, -0.2) is 4.79 Å². The van der Waals surface area contributed by atoms with Crippen molar-refractivity contribution in [2.24, 2.45) is 0 Å². The van der Waals surface area contributed by atoms with E-state index in [2.05, 4.69) is 0 Å². The van der Waals surface area contributed by atoms with Crippen molar-refractivity contribution in [2.45, 2.75) is 32.9 Å². The quantitative estimate of drug-likeness (QED) is 0.672. The molecule has 0 aliphatic carbocycles. The number of rotatable bonds is 5. The first kappa shape index (κ1) is 19.7. The number of fused-ring (bicyclic) bond motifs is 1. The molecule has 0 spiro atoms. The molecule has 2 aromatic heterocycles. The van der Waals surface area contributed by atoms with E-state index in [4.69, 9.17) is 23.2 Å². The number of carboxylic acid groups (broad SMARTS) is 1. The van der Waals surface area contributed by atoms with Crippen molar-refractivity contribution in [1.29, 1.82) is 0 Å². The van der Waals surface area contributed by atoms with Crippen LogP contribution in [0.25, 0.3) is 10.2 Å². The van der Waals surface area contributed by atoms with Gasteiger partial charge >= 0.3 is 11.7 Å². The monoisotopic (exact) mass is 426 g/mol. The highest BCUT2D eigenvalue weighted by Gasteiger charge is 2.19. The second-order valence-corrected chi connectivity index (χ2v) is 8.30. The van der Waals surface area contributed by atoms with Crippen molar-refractivity contribution in [3.63, 3.8) is 0 Å². The molecular weight excluding hydrogens is 411 g/mol. The van der Waals surface area contributed by atoms with Gasteiger partial charge in [0.15, 0.2) is 0 Å². The van der Waals surface area contributed by atoms with Crippen LogP contribution in [-0.2, 0) is 17.9 Å². The number of benzene rings is 1. The van der Waals surface area contributed by atoms with Crippen LogP contribution in [0.15, 0.2) is 33.9 Å². The Hall–Kier alpha value is -2.09. The average Bonchev–Trinajstić information content (AvgIpc) is 3.04. The first-order valence-corrected chi connectivity index (χ1v) is 9.69. The fourth-order valence-electron chi connectivity index (χ4n) is 2.74. The zero-order chi connectivity index (χ0) is 19.9.